The molecule has 0 fully saturated rings. The summed E-state index contributed by atoms with van der Waals surface area (Å²) in [7, 11) is 1.68. The summed E-state index contributed by atoms with van der Waals surface area (Å²) in [5, 5.41) is 26.9. The Balaban J connectivity index is 2.33. The Morgan fingerprint density at radius 1 is 1.48 bits per heavy atom. The number of nitrogens with one attached hydrogen (secondary N) is 1. The number of carboxylic acids is 1. The molecule has 2 aromatic rings. The molecule has 2 N–H and O–H groups in total. The van der Waals surface area contributed by atoms with Crippen LogP contribution in [0, 0.1) is 17.0 Å². The van der Waals surface area contributed by atoms with E-state index in [-0.39, 0.29) is 5.69 Å². The van der Waals surface area contributed by atoms with E-state index in [1.54, 1.807) is 26.2 Å². The molecule has 21 heavy (non-hydrogen) atoms. The molecule has 1 heterocycles. The van der Waals surface area contributed by atoms with Gasteiger partial charge in [0, 0.05) is 36.6 Å². The first-order valence-electron chi connectivity index (χ1n) is 6.11. The van der Waals surface area contributed by atoms with E-state index in [1.807, 2.05) is 0 Å². The van der Waals surface area contributed by atoms with Gasteiger partial charge in [0.25, 0.3) is 5.69 Å². The fraction of sp³-hybridized carbons (Fsp3) is 0.231. The second kappa shape index (κ2) is 5.61. The molecule has 0 aliphatic carbocycles. The van der Waals surface area contributed by atoms with Gasteiger partial charge < -0.3 is 10.4 Å². The van der Waals surface area contributed by atoms with E-state index in [9.17, 15) is 20.0 Å². The van der Waals surface area contributed by atoms with Gasteiger partial charge in [-0.2, -0.15) is 5.10 Å². The fourth-order valence-electron chi connectivity index (χ4n) is 2.00. The van der Waals surface area contributed by atoms with E-state index in [0.29, 0.717) is 16.8 Å². The zero-order valence-electron chi connectivity index (χ0n) is 11.5. The van der Waals surface area contributed by atoms with Gasteiger partial charge in [0.1, 0.15) is 0 Å². The summed E-state index contributed by atoms with van der Waals surface area (Å²) >= 11 is 0. The molecule has 0 bridgehead atoms. The van der Waals surface area contributed by atoms with E-state index in [2.05, 4.69) is 10.4 Å². The second-order valence-corrected chi connectivity index (χ2v) is 4.68. The maximum absolute atomic E-state index is 11.4. The predicted molar refractivity (Wildman–Crippen MR) is 75.0 cm³/mol. The first-order chi connectivity index (χ1) is 9.86. The van der Waals surface area contributed by atoms with Crippen LogP contribution in [-0.2, 0) is 11.8 Å². The van der Waals surface area contributed by atoms with Crippen molar-refractivity contribution in [1.29, 1.82) is 0 Å². The lowest BCUT2D eigenvalue weighted by Gasteiger charge is -2.14. The van der Waals surface area contributed by atoms with E-state index in [0.717, 1.165) is 0 Å². The summed E-state index contributed by atoms with van der Waals surface area (Å²) in [4.78, 5) is 21.7. The molecule has 110 valence electrons. The highest BCUT2D eigenvalue weighted by atomic mass is 16.6. The lowest BCUT2D eigenvalue weighted by atomic mass is 10.1. The van der Waals surface area contributed by atoms with Crippen LogP contribution in [0.3, 0.4) is 0 Å². The third kappa shape index (κ3) is 3.35. The molecule has 8 nitrogen and oxygen atoms in total. The number of nitro groups is 1. The maximum atomic E-state index is 11.4. The Kier molecular flexibility index (Phi) is 3.88. The number of nitrogens with zero attached hydrogens (tertiary/aromatic N) is 3. The number of carbonyl (C=O) groups is 1. The standard InChI is InChI=1S/C13H14N4O4/c1-8-3-10(5-11(4-8)17(20)21)15-12(13(18)19)9-6-14-16(2)7-9/h3-7,12,15H,1-2H3,(H,18,19). The molecule has 1 aromatic carbocycles. The average Bonchev–Trinajstić information content (AvgIpc) is 2.81. The molecule has 0 aliphatic rings. The van der Waals surface area contributed by atoms with Gasteiger partial charge >= 0.3 is 5.97 Å². The highest BCUT2D eigenvalue weighted by Gasteiger charge is 2.22. The van der Waals surface area contributed by atoms with Gasteiger partial charge in [-0.25, -0.2) is 4.79 Å². The van der Waals surface area contributed by atoms with Crippen LogP contribution in [0.25, 0.3) is 0 Å². The maximum Gasteiger partial charge on any atom is 0.330 e. The molecule has 8 heteroatoms. The van der Waals surface area contributed by atoms with Gasteiger partial charge in [-0.3, -0.25) is 14.8 Å². The van der Waals surface area contributed by atoms with Crippen molar-refractivity contribution in [2.45, 2.75) is 13.0 Å². The number of benzene rings is 1. The molecular formula is C13H14N4O4. The Labute approximate surface area is 120 Å². The van der Waals surface area contributed by atoms with Crippen LogP contribution >= 0.6 is 0 Å². The number of aryl methyl sites for hydroxylation is 2. The van der Waals surface area contributed by atoms with Crippen molar-refractivity contribution < 1.29 is 14.8 Å². The van der Waals surface area contributed by atoms with Crippen LogP contribution in [0.1, 0.15) is 17.2 Å². The van der Waals surface area contributed by atoms with Gasteiger partial charge in [-0.1, -0.05) is 0 Å². The summed E-state index contributed by atoms with van der Waals surface area (Å²) in [5.41, 5.74) is 1.42. The minimum absolute atomic E-state index is 0.0900. The minimum atomic E-state index is -1.09. The van der Waals surface area contributed by atoms with Crippen molar-refractivity contribution in [1.82, 2.24) is 9.78 Å². The molecule has 0 spiro atoms. The molecule has 1 aromatic heterocycles. The van der Waals surface area contributed by atoms with Crippen LogP contribution in [0.15, 0.2) is 30.6 Å². The minimum Gasteiger partial charge on any atom is -0.479 e. The van der Waals surface area contributed by atoms with Gasteiger partial charge in [0.05, 0.1) is 11.1 Å². The van der Waals surface area contributed by atoms with Crippen molar-refractivity contribution in [3.8, 4) is 0 Å². The van der Waals surface area contributed by atoms with Crippen LogP contribution in [0.4, 0.5) is 11.4 Å². The molecule has 2 rings (SSSR count). The lowest BCUT2D eigenvalue weighted by molar-refractivity contribution is -0.384. The topological polar surface area (TPSA) is 110 Å². The lowest BCUT2D eigenvalue weighted by Crippen LogP contribution is -2.20. The largest absolute Gasteiger partial charge is 0.479 e. The van der Waals surface area contributed by atoms with E-state index in [1.165, 1.54) is 23.0 Å². The number of nitro benzene ring substituents is 1. The van der Waals surface area contributed by atoms with Crippen LogP contribution in [0.5, 0.6) is 0 Å². The number of rotatable bonds is 5. The van der Waals surface area contributed by atoms with Crippen molar-refractivity contribution in [2.24, 2.45) is 7.05 Å². The second-order valence-electron chi connectivity index (χ2n) is 4.68. The normalized spacial score (nSPS) is 11.9. The highest BCUT2D eigenvalue weighted by Crippen LogP contribution is 2.25. The number of aliphatic carboxylic acids is 1. The molecule has 1 unspecified atom stereocenters. The zero-order chi connectivity index (χ0) is 15.6. The Hall–Kier alpha value is -2.90. The highest BCUT2D eigenvalue weighted by molar-refractivity contribution is 5.79. The molecular weight excluding hydrogens is 276 g/mol. The number of aromatic nitrogens is 2. The summed E-state index contributed by atoms with van der Waals surface area (Å²) in [5.74, 6) is -1.09. The number of non-ortho nitro benzene ring substituents is 1. The van der Waals surface area contributed by atoms with Gasteiger partial charge in [0.2, 0.25) is 0 Å². The molecule has 0 saturated carbocycles. The van der Waals surface area contributed by atoms with Crippen molar-refractivity contribution in [2.75, 3.05) is 5.32 Å². The SMILES string of the molecule is Cc1cc(NC(C(=O)O)c2cnn(C)c2)cc([N+](=O)[O-])c1. The molecule has 0 radical (unpaired) electrons. The monoisotopic (exact) mass is 290 g/mol. The van der Waals surface area contributed by atoms with Crippen molar-refractivity contribution in [3.05, 3.63) is 51.8 Å². The van der Waals surface area contributed by atoms with Gasteiger partial charge in [-0.15, -0.1) is 0 Å². The van der Waals surface area contributed by atoms with E-state index < -0.39 is 16.9 Å². The Bertz CT molecular complexity index is 695. The molecule has 0 saturated heterocycles. The number of anilines is 1. The number of carboxylic acid groups (broad SMARTS) is 1. The average molecular weight is 290 g/mol. The quantitative estimate of drug-likeness (QED) is 0.642. The number of hydrogen-bond donors (Lipinski definition) is 2. The van der Waals surface area contributed by atoms with Crippen LogP contribution in [0.2, 0.25) is 0 Å². The first kappa shape index (κ1) is 14.5. The van der Waals surface area contributed by atoms with Crippen LogP contribution in [-0.4, -0.2) is 25.8 Å². The summed E-state index contributed by atoms with van der Waals surface area (Å²) < 4.78 is 1.49. The van der Waals surface area contributed by atoms with E-state index in [4.69, 9.17) is 0 Å². The smallest absolute Gasteiger partial charge is 0.330 e. The fourth-order valence-corrected chi connectivity index (χ4v) is 2.00. The summed E-state index contributed by atoms with van der Waals surface area (Å²) in [6.07, 6.45) is 3.02. The Morgan fingerprint density at radius 2 is 2.19 bits per heavy atom. The third-order valence-corrected chi connectivity index (χ3v) is 2.89. The molecule has 0 aliphatic heterocycles. The van der Waals surface area contributed by atoms with Gasteiger partial charge in [-0.05, 0) is 18.6 Å². The third-order valence-electron chi connectivity index (χ3n) is 2.89. The van der Waals surface area contributed by atoms with Crippen molar-refractivity contribution >= 4 is 17.3 Å². The summed E-state index contributed by atoms with van der Waals surface area (Å²) in [6, 6.07) is 3.35. The molecule has 1 atom stereocenters. The van der Waals surface area contributed by atoms with Crippen molar-refractivity contribution in [3.63, 3.8) is 0 Å². The zero-order valence-corrected chi connectivity index (χ0v) is 11.5. The Morgan fingerprint density at radius 3 is 2.71 bits per heavy atom. The van der Waals surface area contributed by atoms with Crippen LogP contribution < -0.4 is 5.32 Å². The molecule has 0 amide bonds. The van der Waals surface area contributed by atoms with E-state index >= 15 is 0 Å². The first-order valence-corrected chi connectivity index (χ1v) is 6.11. The summed E-state index contributed by atoms with van der Waals surface area (Å²) in [6.45, 7) is 1.71. The van der Waals surface area contributed by atoms with Gasteiger partial charge in [0.15, 0.2) is 6.04 Å². The predicted octanol–water partition coefficient (Wildman–Crippen LogP) is 1.87. The number of hydrogen-bond acceptors (Lipinski definition) is 5.